The standard InChI is InChI=1S/C11H9BrClN3OS/c12-9-2-1-6(18-9)4-16-11(17)7-3-10(14)15-5-8(7)13/h1-3,5H,4H2,(H2,14,15)(H,16,17). The maximum Gasteiger partial charge on any atom is 0.253 e. The molecule has 2 aromatic heterocycles. The van der Waals surface area contributed by atoms with Crippen molar-refractivity contribution in [3.05, 3.63) is 43.6 Å². The Morgan fingerprint density at radius 2 is 2.33 bits per heavy atom. The summed E-state index contributed by atoms with van der Waals surface area (Å²) in [6, 6.07) is 5.34. The molecule has 0 radical (unpaired) electrons. The average Bonchev–Trinajstić information content (AvgIpc) is 2.75. The molecule has 3 N–H and O–H groups in total. The molecule has 0 unspecified atom stereocenters. The van der Waals surface area contributed by atoms with E-state index in [1.165, 1.54) is 12.3 Å². The van der Waals surface area contributed by atoms with Crippen LogP contribution in [0, 0.1) is 0 Å². The molecule has 2 heterocycles. The second kappa shape index (κ2) is 5.69. The molecule has 2 rings (SSSR count). The predicted octanol–water partition coefficient (Wildman–Crippen LogP) is 3.07. The van der Waals surface area contributed by atoms with Crippen LogP contribution in [0.2, 0.25) is 5.02 Å². The van der Waals surface area contributed by atoms with E-state index < -0.39 is 0 Å². The molecule has 0 saturated carbocycles. The maximum absolute atomic E-state index is 11.9. The molecule has 0 bridgehead atoms. The third kappa shape index (κ3) is 3.22. The number of anilines is 1. The first-order valence-corrected chi connectivity index (χ1v) is 6.98. The van der Waals surface area contributed by atoms with Crippen LogP contribution in [0.1, 0.15) is 15.2 Å². The number of hydrogen-bond donors (Lipinski definition) is 2. The Kier molecular flexibility index (Phi) is 4.21. The van der Waals surface area contributed by atoms with Gasteiger partial charge in [-0.2, -0.15) is 0 Å². The summed E-state index contributed by atoms with van der Waals surface area (Å²) in [5.74, 6) is 0.00189. The normalized spacial score (nSPS) is 10.3. The Morgan fingerprint density at radius 3 is 3.00 bits per heavy atom. The van der Waals surface area contributed by atoms with Gasteiger partial charge < -0.3 is 11.1 Å². The van der Waals surface area contributed by atoms with E-state index in [-0.39, 0.29) is 16.7 Å². The molecule has 7 heteroatoms. The van der Waals surface area contributed by atoms with Crippen LogP contribution in [-0.2, 0) is 6.54 Å². The number of amides is 1. The van der Waals surface area contributed by atoms with E-state index in [4.69, 9.17) is 17.3 Å². The Bertz CT molecular complexity index is 587. The van der Waals surface area contributed by atoms with Gasteiger partial charge >= 0.3 is 0 Å². The summed E-state index contributed by atoms with van der Waals surface area (Å²) in [7, 11) is 0. The zero-order valence-corrected chi connectivity index (χ0v) is 12.3. The van der Waals surface area contributed by atoms with Crippen LogP contribution < -0.4 is 11.1 Å². The SMILES string of the molecule is Nc1cc(C(=O)NCc2ccc(Br)s2)c(Cl)cn1. The van der Waals surface area contributed by atoms with E-state index in [1.54, 1.807) is 11.3 Å². The third-order valence-corrected chi connectivity index (χ3v) is 4.10. The fraction of sp³-hybridized carbons (Fsp3) is 0.0909. The second-order valence-corrected chi connectivity index (χ2v) is 6.43. The number of nitrogens with zero attached hydrogens (tertiary/aromatic N) is 1. The van der Waals surface area contributed by atoms with Crippen molar-refractivity contribution in [1.82, 2.24) is 10.3 Å². The number of nitrogen functional groups attached to an aromatic ring is 1. The van der Waals surface area contributed by atoms with E-state index in [1.807, 2.05) is 12.1 Å². The molecule has 0 aliphatic heterocycles. The Labute approximate surface area is 121 Å². The molecule has 0 saturated heterocycles. The van der Waals surface area contributed by atoms with Gasteiger partial charge in [0.05, 0.1) is 20.9 Å². The van der Waals surface area contributed by atoms with Gasteiger partial charge in [-0.3, -0.25) is 4.79 Å². The molecular formula is C11H9BrClN3OS. The highest BCUT2D eigenvalue weighted by Crippen LogP contribution is 2.22. The van der Waals surface area contributed by atoms with Gasteiger partial charge in [0.1, 0.15) is 5.82 Å². The van der Waals surface area contributed by atoms with Gasteiger partial charge in [0.15, 0.2) is 0 Å². The van der Waals surface area contributed by atoms with E-state index in [9.17, 15) is 4.79 Å². The van der Waals surface area contributed by atoms with Gasteiger partial charge in [-0.15, -0.1) is 11.3 Å². The minimum Gasteiger partial charge on any atom is -0.384 e. The second-order valence-electron chi connectivity index (χ2n) is 3.48. The van der Waals surface area contributed by atoms with Crippen molar-refractivity contribution in [2.75, 3.05) is 5.73 Å². The summed E-state index contributed by atoms with van der Waals surface area (Å²) in [5, 5.41) is 3.07. The van der Waals surface area contributed by atoms with Gasteiger partial charge in [0, 0.05) is 11.1 Å². The summed E-state index contributed by atoms with van der Waals surface area (Å²) in [5.41, 5.74) is 5.86. The fourth-order valence-electron chi connectivity index (χ4n) is 1.34. The number of nitrogens with two attached hydrogens (primary N) is 1. The average molecular weight is 347 g/mol. The molecule has 0 aliphatic rings. The van der Waals surface area contributed by atoms with Crippen molar-refractivity contribution in [1.29, 1.82) is 0 Å². The topological polar surface area (TPSA) is 68.0 Å². The molecule has 18 heavy (non-hydrogen) atoms. The molecule has 94 valence electrons. The molecule has 0 aromatic carbocycles. The quantitative estimate of drug-likeness (QED) is 0.897. The minimum absolute atomic E-state index is 0.265. The van der Waals surface area contributed by atoms with Gasteiger partial charge in [-0.25, -0.2) is 4.98 Å². The largest absolute Gasteiger partial charge is 0.384 e. The first-order chi connectivity index (χ1) is 8.56. The summed E-state index contributed by atoms with van der Waals surface area (Å²) in [6.45, 7) is 0.452. The summed E-state index contributed by atoms with van der Waals surface area (Å²) in [6.07, 6.45) is 1.37. The molecule has 1 amide bonds. The van der Waals surface area contributed by atoms with Crippen LogP contribution in [0.25, 0.3) is 0 Å². The summed E-state index contributed by atoms with van der Waals surface area (Å²) >= 11 is 10.8. The van der Waals surface area contributed by atoms with E-state index in [2.05, 4.69) is 26.2 Å². The van der Waals surface area contributed by atoms with Crippen molar-refractivity contribution in [2.45, 2.75) is 6.54 Å². The number of pyridine rings is 1. The summed E-state index contributed by atoms with van der Waals surface area (Å²) in [4.78, 5) is 16.8. The van der Waals surface area contributed by atoms with Gasteiger partial charge in [0.25, 0.3) is 5.91 Å². The highest BCUT2D eigenvalue weighted by atomic mass is 79.9. The third-order valence-electron chi connectivity index (χ3n) is 2.17. The molecule has 0 atom stereocenters. The number of hydrogen-bond acceptors (Lipinski definition) is 4. The molecule has 0 spiro atoms. The van der Waals surface area contributed by atoms with Crippen LogP contribution in [0.15, 0.2) is 28.2 Å². The van der Waals surface area contributed by atoms with Crippen molar-refractivity contribution < 1.29 is 4.79 Å². The van der Waals surface area contributed by atoms with Crippen LogP contribution in [0.5, 0.6) is 0 Å². The number of rotatable bonds is 3. The zero-order valence-electron chi connectivity index (χ0n) is 9.11. The number of thiophene rings is 1. The van der Waals surface area contributed by atoms with Gasteiger partial charge in [-0.1, -0.05) is 11.6 Å². The van der Waals surface area contributed by atoms with Gasteiger partial charge in [0.2, 0.25) is 0 Å². The van der Waals surface area contributed by atoms with Crippen LogP contribution in [-0.4, -0.2) is 10.9 Å². The van der Waals surface area contributed by atoms with E-state index in [0.29, 0.717) is 12.1 Å². The predicted molar refractivity (Wildman–Crippen MR) is 76.8 cm³/mol. The zero-order chi connectivity index (χ0) is 13.1. The lowest BCUT2D eigenvalue weighted by atomic mass is 10.2. The van der Waals surface area contributed by atoms with Crippen molar-refractivity contribution in [3.8, 4) is 0 Å². The monoisotopic (exact) mass is 345 g/mol. The molecule has 2 aromatic rings. The first kappa shape index (κ1) is 13.3. The lowest BCUT2D eigenvalue weighted by Crippen LogP contribution is -2.22. The maximum atomic E-state index is 11.9. The Balaban J connectivity index is 2.05. The Hall–Kier alpha value is -1.11. The van der Waals surface area contributed by atoms with Crippen LogP contribution in [0.3, 0.4) is 0 Å². The smallest absolute Gasteiger partial charge is 0.253 e. The molecule has 4 nitrogen and oxygen atoms in total. The molecule has 0 aliphatic carbocycles. The van der Waals surface area contributed by atoms with E-state index >= 15 is 0 Å². The Morgan fingerprint density at radius 1 is 1.56 bits per heavy atom. The number of carbonyl (C=O) groups is 1. The molecule has 0 fully saturated rings. The van der Waals surface area contributed by atoms with E-state index in [0.717, 1.165) is 8.66 Å². The lowest BCUT2D eigenvalue weighted by Gasteiger charge is -2.05. The minimum atomic E-state index is -0.265. The lowest BCUT2D eigenvalue weighted by molar-refractivity contribution is 0.0951. The van der Waals surface area contributed by atoms with Gasteiger partial charge in [-0.05, 0) is 34.1 Å². The number of aromatic nitrogens is 1. The van der Waals surface area contributed by atoms with Crippen molar-refractivity contribution >= 4 is 50.6 Å². The van der Waals surface area contributed by atoms with Crippen LogP contribution >= 0.6 is 38.9 Å². The van der Waals surface area contributed by atoms with Crippen molar-refractivity contribution in [3.63, 3.8) is 0 Å². The molecular weight excluding hydrogens is 338 g/mol. The number of nitrogens with one attached hydrogen (secondary N) is 1. The number of carbonyl (C=O) groups excluding carboxylic acids is 1. The summed E-state index contributed by atoms with van der Waals surface area (Å²) < 4.78 is 1.03. The highest BCUT2D eigenvalue weighted by molar-refractivity contribution is 9.11. The fourth-order valence-corrected chi connectivity index (χ4v) is 2.95. The van der Waals surface area contributed by atoms with Crippen LogP contribution in [0.4, 0.5) is 5.82 Å². The first-order valence-electron chi connectivity index (χ1n) is 4.99. The van der Waals surface area contributed by atoms with Crippen molar-refractivity contribution in [2.24, 2.45) is 0 Å². The highest BCUT2D eigenvalue weighted by Gasteiger charge is 2.11. The number of halogens is 2.